The van der Waals surface area contributed by atoms with Crippen LogP contribution in [0.1, 0.15) is 32.5 Å². The molecule has 3 aliphatic rings. The second-order valence-corrected chi connectivity index (χ2v) is 10.8. The fourth-order valence-corrected chi connectivity index (χ4v) is 6.53. The van der Waals surface area contributed by atoms with E-state index in [4.69, 9.17) is 0 Å². The number of aryl methyl sites for hydroxylation is 2. The van der Waals surface area contributed by atoms with Gasteiger partial charge in [0.1, 0.15) is 5.82 Å². The Kier molecular flexibility index (Phi) is 4.83. The molecule has 3 aliphatic heterocycles. The Morgan fingerprint density at radius 3 is 2.46 bits per heavy atom. The normalized spacial score (nSPS) is 29.2. The summed E-state index contributed by atoms with van der Waals surface area (Å²) in [5.74, 6) is 0.836. The smallest absolute Gasteiger partial charge is 0.262 e. The van der Waals surface area contributed by atoms with Crippen molar-refractivity contribution in [3.8, 4) is 0 Å². The maximum Gasteiger partial charge on any atom is 0.262 e. The molecule has 9 heteroatoms. The zero-order chi connectivity index (χ0) is 20.3. The molecule has 1 amide bonds. The molecule has 8 nitrogen and oxygen atoms in total. The maximum atomic E-state index is 13.5. The van der Waals surface area contributed by atoms with Gasteiger partial charge in [0.25, 0.3) is 10.0 Å². The highest BCUT2D eigenvalue weighted by Gasteiger charge is 2.60. The van der Waals surface area contributed by atoms with Crippen LogP contribution in [0.25, 0.3) is 0 Å². The zero-order valence-corrected chi connectivity index (χ0v) is 18.1. The minimum absolute atomic E-state index is 0.0302. The molecule has 4 rings (SSSR count). The standard InChI is InChI=1S/C19H31N5O3S/c1-14(2)23-9-16-10-24(28(26,27)17-11-21(4)15(3)20-17)13-19(16,12-23)18(25)22-7-5-6-8-22/h11,14,16H,5-10,12-13H2,1-4H3/t16-,19-/m0/s1. The van der Waals surface area contributed by atoms with Crippen molar-refractivity contribution in [3.05, 3.63) is 12.0 Å². The van der Waals surface area contributed by atoms with Gasteiger partial charge < -0.3 is 9.47 Å². The fourth-order valence-electron chi connectivity index (χ4n) is 4.95. The van der Waals surface area contributed by atoms with Crippen LogP contribution >= 0.6 is 0 Å². The number of rotatable bonds is 4. The van der Waals surface area contributed by atoms with Gasteiger partial charge in [0, 0.05) is 64.5 Å². The van der Waals surface area contributed by atoms with Gasteiger partial charge in [0.05, 0.1) is 5.41 Å². The van der Waals surface area contributed by atoms with Crippen LogP contribution in [0.4, 0.5) is 0 Å². The summed E-state index contributed by atoms with van der Waals surface area (Å²) in [6.45, 7) is 9.71. The number of hydrogen-bond donors (Lipinski definition) is 0. The number of carbonyl (C=O) groups is 1. The average molecular weight is 410 g/mol. The molecule has 0 unspecified atom stereocenters. The van der Waals surface area contributed by atoms with Gasteiger partial charge in [-0.3, -0.25) is 9.69 Å². The fraction of sp³-hybridized carbons (Fsp3) is 0.789. The Hall–Kier alpha value is -1.45. The molecule has 0 N–H and O–H groups in total. The Morgan fingerprint density at radius 2 is 1.89 bits per heavy atom. The molecule has 0 aromatic carbocycles. The van der Waals surface area contributed by atoms with Gasteiger partial charge in [0.2, 0.25) is 5.91 Å². The van der Waals surface area contributed by atoms with E-state index in [9.17, 15) is 13.2 Å². The SMILES string of the molecule is Cc1nc(S(=O)(=O)N2C[C@@H]3CN(C(C)C)C[C@]3(C(=O)N3CCCC3)C2)cn1C. The van der Waals surface area contributed by atoms with Crippen molar-refractivity contribution in [2.45, 2.75) is 44.7 Å². The first kappa shape index (κ1) is 19.8. The van der Waals surface area contributed by atoms with E-state index in [0.29, 0.717) is 25.0 Å². The van der Waals surface area contributed by atoms with Crippen molar-refractivity contribution in [1.82, 2.24) is 23.7 Å². The van der Waals surface area contributed by atoms with Crippen LogP contribution in [0.3, 0.4) is 0 Å². The number of amides is 1. The van der Waals surface area contributed by atoms with Crippen LogP contribution in [0.5, 0.6) is 0 Å². The third-order valence-corrected chi connectivity index (χ3v) is 8.53. The summed E-state index contributed by atoms with van der Waals surface area (Å²) in [6.07, 6.45) is 3.64. The Bertz CT molecular complexity index is 855. The molecule has 0 aliphatic carbocycles. The third-order valence-electron chi connectivity index (χ3n) is 6.84. The van der Waals surface area contributed by atoms with E-state index >= 15 is 0 Å². The van der Waals surface area contributed by atoms with E-state index in [0.717, 1.165) is 32.5 Å². The highest BCUT2D eigenvalue weighted by atomic mass is 32.2. The third kappa shape index (κ3) is 2.98. The quantitative estimate of drug-likeness (QED) is 0.731. The molecular formula is C19H31N5O3S. The summed E-state index contributed by atoms with van der Waals surface area (Å²) < 4.78 is 29.7. The lowest BCUT2D eigenvalue weighted by atomic mass is 9.79. The molecule has 0 radical (unpaired) electrons. The lowest BCUT2D eigenvalue weighted by Crippen LogP contribution is -2.49. The number of nitrogens with zero attached hydrogens (tertiary/aromatic N) is 5. The zero-order valence-electron chi connectivity index (χ0n) is 17.3. The number of sulfonamides is 1. The predicted octanol–water partition coefficient (Wildman–Crippen LogP) is 0.682. The number of aromatic nitrogens is 2. The van der Waals surface area contributed by atoms with Crippen LogP contribution in [0.2, 0.25) is 0 Å². The monoisotopic (exact) mass is 409 g/mol. The Labute approximate surface area is 167 Å². The van der Waals surface area contributed by atoms with E-state index in [-0.39, 0.29) is 23.4 Å². The van der Waals surface area contributed by atoms with Crippen LogP contribution in [0, 0.1) is 18.3 Å². The van der Waals surface area contributed by atoms with Gasteiger partial charge in [-0.2, -0.15) is 4.31 Å². The first-order valence-corrected chi connectivity index (χ1v) is 11.6. The van der Waals surface area contributed by atoms with E-state index in [1.54, 1.807) is 24.7 Å². The molecule has 2 atom stereocenters. The Balaban J connectivity index is 1.65. The molecule has 1 aromatic heterocycles. The first-order valence-electron chi connectivity index (χ1n) is 10.2. The summed E-state index contributed by atoms with van der Waals surface area (Å²) >= 11 is 0. The van der Waals surface area contributed by atoms with Gasteiger partial charge in [-0.05, 0) is 33.6 Å². The molecule has 3 fully saturated rings. The first-order chi connectivity index (χ1) is 13.1. The summed E-state index contributed by atoms with van der Waals surface area (Å²) in [6, 6.07) is 0.345. The van der Waals surface area contributed by atoms with Crippen LogP contribution in [0.15, 0.2) is 11.2 Å². The van der Waals surface area contributed by atoms with Crippen molar-refractivity contribution in [3.63, 3.8) is 0 Å². The predicted molar refractivity (Wildman–Crippen MR) is 105 cm³/mol. The van der Waals surface area contributed by atoms with Crippen LogP contribution in [-0.4, -0.2) is 83.3 Å². The number of fused-ring (bicyclic) bond motifs is 1. The van der Waals surface area contributed by atoms with E-state index in [1.807, 2.05) is 4.90 Å². The van der Waals surface area contributed by atoms with E-state index in [1.165, 1.54) is 4.31 Å². The lowest BCUT2D eigenvalue weighted by molar-refractivity contribution is -0.141. The maximum absolute atomic E-state index is 13.5. The summed E-state index contributed by atoms with van der Waals surface area (Å²) in [7, 11) is -1.91. The van der Waals surface area contributed by atoms with E-state index < -0.39 is 15.4 Å². The van der Waals surface area contributed by atoms with Gasteiger partial charge in [-0.25, -0.2) is 13.4 Å². The van der Waals surface area contributed by atoms with Gasteiger partial charge in [-0.1, -0.05) is 0 Å². The highest BCUT2D eigenvalue weighted by Crippen LogP contribution is 2.46. The van der Waals surface area contributed by atoms with E-state index in [2.05, 4.69) is 23.7 Å². The highest BCUT2D eigenvalue weighted by molar-refractivity contribution is 7.89. The molecule has 156 valence electrons. The largest absolute Gasteiger partial charge is 0.342 e. The topological polar surface area (TPSA) is 78.8 Å². The van der Waals surface area contributed by atoms with Crippen molar-refractivity contribution in [1.29, 1.82) is 0 Å². The molecular weight excluding hydrogens is 378 g/mol. The summed E-state index contributed by atoms with van der Waals surface area (Å²) in [5, 5.41) is 0.0805. The van der Waals surface area contributed by atoms with Crippen molar-refractivity contribution < 1.29 is 13.2 Å². The number of likely N-dealkylation sites (tertiary alicyclic amines) is 2. The van der Waals surface area contributed by atoms with Crippen LogP contribution < -0.4 is 0 Å². The second-order valence-electron chi connectivity index (χ2n) is 8.91. The van der Waals surface area contributed by atoms with Crippen molar-refractivity contribution in [2.75, 3.05) is 39.3 Å². The van der Waals surface area contributed by atoms with Crippen LogP contribution in [-0.2, 0) is 21.9 Å². The van der Waals surface area contributed by atoms with Gasteiger partial charge in [-0.15, -0.1) is 0 Å². The molecule has 4 heterocycles. The van der Waals surface area contributed by atoms with Gasteiger partial charge in [0.15, 0.2) is 5.03 Å². The molecule has 0 saturated carbocycles. The molecule has 0 bridgehead atoms. The molecule has 1 aromatic rings. The average Bonchev–Trinajstić information content (AvgIpc) is 3.37. The molecule has 3 saturated heterocycles. The number of carbonyl (C=O) groups excluding carboxylic acids is 1. The number of hydrogen-bond acceptors (Lipinski definition) is 5. The lowest BCUT2D eigenvalue weighted by Gasteiger charge is -2.33. The molecule has 28 heavy (non-hydrogen) atoms. The number of imidazole rings is 1. The summed E-state index contributed by atoms with van der Waals surface area (Å²) in [5.41, 5.74) is -0.633. The van der Waals surface area contributed by atoms with Gasteiger partial charge >= 0.3 is 0 Å². The minimum Gasteiger partial charge on any atom is -0.342 e. The van der Waals surface area contributed by atoms with Crippen molar-refractivity contribution in [2.24, 2.45) is 18.4 Å². The Morgan fingerprint density at radius 1 is 1.21 bits per heavy atom. The van der Waals surface area contributed by atoms with Crippen molar-refractivity contribution >= 4 is 15.9 Å². The second kappa shape index (κ2) is 6.81. The minimum atomic E-state index is -3.70. The summed E-state index contributed by atoms with van der Waals surface area (Å²) in [4.78, 5) is 22.1. The molecule has 0 spiro atoms.